The summed E-state index contributed by atoms with van der Waals surface area (Å²) in [5, 5.41) is 5.29. The van der Waals surface area contributed by atoms with Crippen LogP contribution in [0.5, 0.6) is 0 Å². The summed E-state index contributed by atoms with van der Waals surface area (Å²) in [6, 6.07) is 8.31. The van der Waals surface area contributed by atoms with Crippen molar-refractivity contribution < 1.29 is 27.9 Å². The fraction of sp³-hybridized carbons (Fsp3) is 0.423. The summed E-state index contributed by atoms with van der Waals surface area (Å²) in [5.74, 6) is -2.12. The lowest BCUT2D eigenvalue weighted by molar-refractivity contribution is -0.120. The number of hydrogen-bond acceptors (Lipinski definition) is 4. The monoisotopic (exact) mass is 474 g/mol. The van der Waals surface area contributed by atoms with Crippen LogP contribution < -0.4 is 10.6 Å². The minimum atomic E-state index is -1.16. The van der Waals surface area contributed by atoms with Crippen molar-refractivity contribution in [1.29, 1.82) is 0 Å². The molecule has 2 amide bonds. The first-order valence-corrected chi connectivity index (χ1v) is 11.0. The second-order valence-corrected chi connectivity index (χ2v) is 10.1. The molecule has 0 aliphatic heterocycles. The van der Waals surface area contributed by atoms with Crippen molar-refractivity contribution in [3.05, 3.63) is 70.8 Å². The molecule has 0 fully saturated rings. The fourth-order valence-corrected chi connectivity index (χ4v) is 3.23. The van der Waals surface area contributed by atoms with E-state index in [1.54, 1.807) is 47.6 Å². The van der Waals surface area contributed by atoms with Crippen LogP contribution in [0.2, 0.25) is 0 Å². The lowest BCUT2D eigenvalue weighted by atomic mass is 9.94. The van der Waals surface area contributed by atoms with Crippen LogP contribution in [0.3, 0.4) is 0 Å². The fourth-order valence-electron chi connectivity index (χ4n) is 3.23. The number of halogens is 2. The van der Waals surface area contributed by atoms with Crippen LogP contribution in [-0.2, 0) is 22.4 Å². The Balaban J connectivity index is 2.34. The highest BCUT2D eigenvalue weighted by atomic mass is 19.1. The highest BCUT2D eigenvalue weighted by Gasteiger charge is 2.27. The summed E-state index contributed by atoms with van der Waals surface area (Å²) >= 11 is 0. The Bertz CT molecular complexity index is 1060. The molecule has 1 atom stereocenters. The van der Waals surface area contributed by atoms with E-state index in [1.807, 2.05) is 0 Å². The van der Waals surface area contributed by atoms with E-state index in [1.165, 1.54) is 24.3 Å². The van der Waals surface area contributed by atoms with Crippen molar-refractivity contribution >= 4 is 17.8 Å². The average Bonchev–Trinajstić information content (AvgIpc) is 2.66. The first kappa shape index (κ1) is 27.0. The van der Waals surface area contributed by atoms with Crippen molar-refractivity contribution in [3.63, 3.8) is 0 Å². The zero-order valence-electron chi connectivity index (χ0n) is 20.4. The number of ether oxygens (including phenoxy) is 1. The van der Waals surface area contributed by atoms with Crippen molar-refractivity contribution in [1.82, 2.24) is 10.6 Å². The zero-order chi connectivity index (χ0) is 25.7. The highest BCUT2D eigenvalue weighted by molar-refractivity contribution is 5.98. The maximum atomic E-state index is 14.3. The van der Waals surface area contributed by atoms with E-state index < -0.39 is 46.6 Å². The van der Waals surface area contributed by atoms with Gasteiger partial charge in [-0.25, -0.2) is 13.6 Å². The Kier molecular flexibility index (Phi) is 8.53. The molecule has 0 aliphatic rings. The van der Waals surface area contributed by atoms with Crippen LogP contribution >= 0.6 is 0 Å². The van der Waals surface area contributed by atoms with Gasteiger partial charge in [-0.3, -0.25) is 9.59 Å². The van der Waals surface area contributed by atoms with Gasteiger partial charge in [0.15, 0.2) is 5.78 Å². The molecule has 184 valence electrons. The minimum absolute atomic E-state index is 0.135. The van der Waals surface area contributed by atoms with E-state index >= 15 is 0 Å². The van der Waals surface area contributed by atoms with Gasteiger partial charge in [-0.1, -0.05) is 18.2 Å². The quantitative estimate of drug-likeness (QED) is 0.607. The average molecular weight is 475 g/mol. The molecule has 0 spiro atoms. The topological polar surface area (TPSA) is 84.5 Å². The molecule has 0 aliphatic carbocycles. The number of carbonyl (C=O) groups excluding carboxylic acids is 3. The maximum absolute atomic E-state index is 14.3. The molecule has 0 bridgehead atoms. The number of carbonyl (C=O) groups is 3. The third-order valence-electron chi connectivity index (χ3n) is 4.63. The number of nitrogens with one attached hydrogen (secondary N) is 2. The molecular formula is C26H32F2N2O4. The van der Waals surface area contributed by atoms with Crippen LogP contribution in [0, 0.1) is 11.6 Å². The second kappa shape index (κ2) is 10.8. The SMILES string of the molecule is CC(C)(C)NC(=O)c1ccc(F)cc1CC(=O)C(Cc1ccccc1F)NC(=O)OC(C)(C)C. The maximum Gasteiger partial charge on any atom is 0.408 e. The molecule has 0 saturated heterocycles. The van der Waals surface area contributed by atoms with E-state index in [2.05, 4.69) is 10.6 Å². The van der Waals surface area contributed by atoms with Crippen molar-refractivity contribution in [2.24, 2.45) is 0 Å². The molecule has 1 unspecified atom stereocenters. The molecule has 0 aromatic heterocycles. The van der Waals surface area contributed by atoms with Gasteiger partial charge in [0, 0.05) is 23.9 Å². The molecular weight excluding hydrogens is 442 g/mol. The molecule has 8 heteroatoms. The van der Waals surface area contributed by atoms with Gasteiger partial charge in [0.2, 0.25) is 0 Å². The van der Waals surface area contributed by atoms with Crippen molar-refractivity contribution in [3.8, 4) is 0 Å². The van der Waals surface area contributed by atoms with Crippen LogP contribution in [0.1, 0.15) is 63.0 Å². The van der Waals surface area contributed by atoms with E-state index in [9.17, 15) is 23.2 Å². The number of benzene rings is 2. The van der Waals surface area contributed by atoms with Gasteiger partial charge in [-0.05, 0) is 76.9 Å². The normalized spacial score (nSPS) is 12.6. The van der Waals surface area contributed by atoms with Crippen molar-refractivity contribution in [2.45, 2.75) is 71.6 Å². The molecule has 0 radical (unpaired) electrons. The van der Waals surface area contributed by atoms with Gasteiger partial charge in [-0.2, -0.15) is 0 Å². The van der Waals surface area contributed by atoms with Gasteiger partial charge in [-0.15, -0.1) is 0 Å². The van der Waals surface area contributed by atoms with E-state index in [4.69, 9.17) is 4.74 Å². The van der Waals surface area contributed by atoms with Gasteiger partial charge in [0.05, 0.1) is 6.04 Å². The number of rotatable bonds is 7. The van der Waals surface area contributed by atoms with Gasteiger partial charge >= 0.3 is 6.09 Å². The summed E-state index contributed by atoms with van der Waals surface area (Å²) in [7, 11) is 0. The first-order valence-electron chi connectivity index (χ1n) is 11.0. The Morgan fingerprint density at radius 2 is 1.59 bits per heavy atom. The Morgan fingerprint density at radius 1 is 0.941 bits per heavy atom. The van der Waals surface area contributed by atoms with Crippen LogP contribution in [-0.4, -0.2) is 35.0 Å². The van der Waals surface area contributed by atoms with Gasteiger partial charge in [0.1, 0.15) is 17.2 Å². The standard InChI is InChI=1S/C26H32F2N2O4/c1-25(2,3)30-23(32)19-12-11-18(27)13-17(19)15-22(31)21(29-24(33)34-26(4,5)6)14-16-9-7-8-10-20(16)28/h7-13,21H,14-15H2,1-6H3,(H,29,33)(H,30,32). The lowest BCUT2D eigenvalue weighted by Gasteiger charge is -2.24. The predicted molar refractivity (Wildman–Crippen MR) is 126 cm³/mol. The molecule has 6 nitrogen and oxygen atoms in total. The first-order chi connectivity index (χ1) is 15.6. The second-order valence-electron chi connectivity index (χ2n) is 10.1. The predicted octanol–water partition coefficient (Wildman–Crippen LogP) is 4.74. The molecule has 34 heavy (non-hydrogen) atoms. The summed E-state index contributed by atoms with van der Waals surface area (Å²) in [4.78, 5) is 38.4. The molecule has 2 N–H and O–H groups in total. The number of Topliss-reactive ketones (excluding diaryl/α,β-unsaturated/α-hetero) is 1. The lowest BCUT2D eigenvalue weighted by Crippen LogP contribution is -2.45. The Morgan fingerprint density at radius 3 is 2.18 bits per heavy atom. The molecule has 0 heterocycles. The Labute approximate surface area is 199 Å². The molecule has 0 saturated carbocycles. The molecule has 2 aromatic rings. The highest BCUT2D eigenvalue weighted by Crippen LogP contribution is 2.17. The van der Waals surface area contributed by atoms with Crippen LogP contribution in [0.4, 0.5) is 13.6 Å². The molecule has 2 rings (SSSR count). The minimum Gasteiger partial charge on any atom is -0.444 e. The summed E-state index contributed by atoms with van der Waals surface area (Å²) in [6.45, 7) is 10.4. The van der Waals surface area contributed by atoms with Gasteiger partial charge < -0.3 is 15.4 Å². The van der Waals surface area contributed by atoms with E-state index in [-0.39, 0.29) is 29.5 Å². The number of ketones is 1. The smallest absolute Gasteiger partial charge is 0.408 e. The summed E-state index contributed by atoms with van der Waals surface area (Å²) in [5.41, 5.74) is -0.820. The van der Waals surface area contributed by atoms with Crippen LogP contribution in [0.25, 0.3) is 0 Å². The number of hydrogen-bond donors (Lipinski definition) is 2. The molecule has 2 aromatic carbocycles. The number of alkyl carbamates (subject to hydrolysis) is 1. The van der Waals surface area contributed by atoms with E-state index in [0.29, 0.717) is 0 Å². The zero-order valence-corrected chi connectivity index (χ0v) is 20.4. The largest absolute Gasteiger partial charge is 0.444 e. The summed E-state index contributed by atoms with van der Waals surface area (Å²) < 4.78 is 33.5. The summed E-state index contributed by atoms with van der Waals surface area (Å²) in [6.07, 6.45) is -1.32. The van der Waals surface area contributed by atoms with Crippen molar-refractivity contribution in [2.75, 3.05) is 0 Å². The third-order valence-corrected chi connectivity index (χ3v) is 4.63. The Hall–Kier alpha value is -3.29. The van der Waals surface area contributed by atoms with Crippen LogP contribution in [0.15, 0.2) is 42.5 Å². The number of amides is 2. The third kappa shape index (κ3) is 8.57. The van der Waals surface area contributed by atoms with E-state index in [0.717, 1.165) is 12.1 Å². The van der Waals surface area contributed by atoms with Gasteiger partial charge in [0.25, 0.3) is 5.91 Å².